The van der Waals surface area contributed by atoms with E-state index in [1.54, 1.807) is 60.8 Å². The number of carbonyl (C=O) groups is 2. The van der Waals surface area contributed by atoms with Gasteiger partial charge in [0.05, 0.1) is 37.7 Å². The van der Waals surface area contributed by atoms with E-state index in [4.69, 9.17) is 21.1 Å². The average molecular weight is 487 g/mol. The predicted octanol–water partition coefficient (Wildman–Crippen LogP) is 4.80. The lowest BCUT2D eigenvalue weighted by atomic mass is 9.94. The second-order valence-corrected chi connectivity index (χ2v) is 7.43. The zero-order valence-corrected chi connectivity index (χ0v) is 19.3. The summed E-state index contributed by atoms with van der Waals surface area (Å²) >= 11 is 5.96. The molecule has 0 spiro atoms. The Bertz CT molecular complexity index is 1210. The van der Waals surface area contributed by atoms with E-state index in [-0.39, 0.29) is 23.7 Å². The molecule has 3 aromatic rings. The van der Waals surface area contributed by atoms with Crippen LogP contribution in [0.5, 0.6) is 11.5 Å². The Hall–Kier alpha value is -3.55. The monoisotopic (exact) mass is 486 g/mol. The van der Waals surface area contributed by atoms with Gasteiger partial charge in [-0.05, 0) is 48.5 Å². The molecular weight excluding hydrogens is 467 g/mol. The minimum atomic E-state index is -0.948. The Morgan fingerprint density at radius 2 is 1.79 bits per heavy atom. The van der Waals surface area contributed by atoms with Crippen LogP contribution in [0.2, 0.25) is 5.02 Å². The van der Waals surface area contributed by atoms with Crippen LogP contribution in [0, 0.1) is 0 Å². The molecule has 1 N–H and O–H groups in total. The van der Waals surface area contributed by atoms with E-state index < -0.39 is 17.7 Å². The molecular formula is C24H20Cl2N2O5. The molecule has 1 aliphatic heterocycles. The molecule has 1 aromatic heterocycles. The Kier molecular flexibility index (Phi) is 7.26. The Balaban J connectivity index is 0.00000306. The van der Waals surface area contributed by atoms with Crippen molar-refractivity contribution < 1.29 is 24.2 Å². The van der Waals surface area contributed by atoms with Crippen LogP contribution in [-0.4, -0.2) is 36.0 Å². The summed E-state index contributed by atoms with van der Waals surface area (Å²) in [6.07, 6.45) is 3.05. The molecule has 0 saturated carbocycles. The number of benzene rings is 2. The fraction of sp³-hybridized carbons (Fsp3) is 0.125. The first kappa shape index (κ1) is 24.1. The molecule has 2 heterocycles. The quantitative estimate of drug-likeness (QED) is 0.316. The molecule has 170 valence electrons. The number of rotatable bonds is 5. The summed E-state index contributed by atoms with van der Waals surface area (Å²) in [7, 11) is 3.00. The topological polar surface area (TPSA) is 89.0 Å². The van der Waals surface area contributed by atoms with Gasteiger partial charge in [0.2, 0.25) is 0 Å². The number of Topliss-reactive ketones (excluding diaryl/α,β-unsaturated/α-hetero) is 1. The number of amides is 1. The zero-order chi connectivity index (χ0) is 22.8. The van der Waals surface area contributed by atoms with Crippen LogP contribution in [0.1, 0.15) is 17.2 Å². The van der Waals surface area contributed by atoms with Gasteiger partial charge in [0.15, 0.2) is 0 Å². The second-order valence-electron chi connectivity index (χ2n) is 7.00. The van der Waals surface area contributed by atoms with Gasteiger partial charge in [0, 0.05) is 28.4 Å². The second kappa shape index (κ2) is 9.94. The number of hydrogen-bond donors (Lipinski definition) is 1. The van der Waals surface area contributed by atoms with Gasteiger partial charge < -0.3 is 14.6 Å². The Morgan fingerprint density at radius 1 is 1.06 bits per heavy atom. The van der Waals surface area contributed by atoms with Crippen LogP contribution in [-0.2, 0) is 9.59 Å². The van der Waals surface area contributed by atoms with Crippen LogP contribution in [0.25, 0.3) is 5.76 Å². The maximum atomic E-state index is 13.2. The first-order valence-electron chi connectivity index (χ1n) is 9.65. The number of nitrogens with zero attached hydrogens (tertiary/aromatic N) is 2. The number of hydrogen-bond acceptors (Lipinski definition) is 6. The SMILES string of the molecule is COc1ccc(C2/C(=C(\O)c3ccc(Cl)cc3)C(=O)C(=O)N2c2cccnc2)c(OC)c1.Cl. The fourth-order valence-corrected chi connectivity index (χ4v) is 3.82. The van der Waals surface area contributed by atoms with E-state index in [2.05, 4.69) is 4.98 Å². The summed E-state index contributed by atoms with van der Waals surface area (Å²) < 4.78 is 10.8. The molecule has 9 heteroatoms. The van der Waals surface area contributed by atoms with Crippen LogP contribution < -0.4 is 14.4 Å². The summed E-state index contributed by atoms with van der Waals surface area (Å²) in [5, 5.41) is 11.6. The molecule has 1 aliphatic rings. The van der Waals surface area contributed by atoms with E-state index in [0.717, 1.165) is 0 Å². The molecule has 33 heavy (non-hydrogen) atoms. The number of methoxy groups -OCH3 is 2. The summed E-state index contributed by atoms with van der Waals surface area (Å²) in [6.45, 7) is 0. The maximum absolute atomic E-state index is 13.2. The van der Waals surface area contributed by atoms with Crippen molar-refractivity contribution >= 4 is 47.1 Å². The number of aliphatic hydroxyl groups is 1. The van der Waals surface area contributed by atoms with Crippen molar-refractivity contribution in [2.45, 2.75) is 6.04 Å². The highest BCUT2D eigenvalue weighted by atomic mass is 35.5. The molecule has 1 amide bonds. The van der Waals surface area contributed by atoms with E-state index in [1.807, 2.05) is 0 Å². The first-order valence-corrected chi connectivity index (χ1v) is 10.0. The van der Waals surface area contributed by atoms with Crippen molar-refractivity contribution in [3.63, 3.8) is 0 Å². The van der Waals surface area contributed by atoms with Crippen LogP contribution in [0.15, 0.2) is 72.6 Å². The molecule has 1 fully saturated rings. The number of ketones is 1. The minimum absolute atomic E-state index is 0. The van der Waals surface area contributed by atoms with Gasteiger partial charge in [0.25, 0.3) is 11.7 Å². The molecule has 1 atom stereocenters. The fourth-order valence-electron chi connectivity index (χ4n) is 3.70. The van der Waals surface area contributed by atoms with Crippen LogP contribution in [0.4, 0.5) is 5.69 Å². The van der Waals surface area contributed by atoms with Gasteiger partial charge in [-0.1, -0.05) is 11.6 Å². The minimum Gasteiger partial charge on any atom is -0.507 e. The molecule has 0 aliphatic carbocycles. The predicted molar refractivity (Wildman–Crippen MR) is 127 cm³/mol. The van der Waals surface area contributed by atoms with Crippen molar-refractivity contribution in [2.75, 3.05) is 19.1 Å². The normalized spacial score (nSPS) is 16.9. The molecule has 1 saturated heterocycles. The third-order valence-electron chi connectivity index (χ3n) is 5.22. The van der Waals surface area contributed by atoms with Gasteiger partial charge in [-0.2, -0.15) is 0 Å². The third kappa shape index (κ3) is 4.37. The van der Waals surface area contributed by atoms with Gasteiger partial charge in [-0.25, -0.2) is 0 Å². The third-order valence-corrected chi connectivity index (χ3v) is 5.47. The first-order chi connectivity index (χ1) is 15.5. The molecule has 0 bridgehead atoms. The van der Waals surface area contributed by atoms with Gasteiger partial charge in [-0.3, -0.25) is 19.5 Å². The summed E-state index contributed by atoms with van der Waals surface area (Å²) in [5.74, 6) is -0.969. The van der Waals surface area contributed by atoms with E-state index in [1.165, 1.54) is 25.3 Å². The highest BCUT2D eigenvalue weighted by Gasteiger charge is 2.48. The van der Waals surface area contributed by atoms with Crippen LogP contribution >= 0.6 is 24.0 Å². The largest absolute Gasteiger partial charge is 0.507 e. The summed E-state index contributed by atoms with van der Waals surface area (Å²) in [5.41, 5.74) is 1.21. The lowest BCUT2D eigenvalue weighted by Crippen LogP contribution is -2.29. The molecule has 7 nitrogen and oxygen atoms in total. The molecule has 2 aromatic carbocycles. The standard InChI is InChI=1S/C24H19ClN2O5.ClH/c1-31-17-9-10-18(19(12-17)32-2)21-20(22(28)14-5-7-15(25)8-6-14)23(29)24(30)27(21)16-4-3-11-26-13-16;/h3-13,21,28H,1-2H3;1H/b22-20+;. The number of halogens is 2. The van der Waals surface area contributed by atoms with E-state index in [9.17, 15) is 14.7 Å². The Morgan fingerprint density at radius 3 is 2.39 bits per heavy atom. The lowest BCUT2D eigenvalue weighted by molar-refractivity contribution is -0.132. The number of aromatic nitrogens is 1. The summed E-state index contributed by atoms with van der Waals surface area (Å²) in [4.78, 5) is 31.7. The van der Waals surface area contributed by atoms with Gasteiger partial charge in [-0.15, -0.1) is 12.4 Å². The van der Waals surface area contributed by atoms with Crippen molar-refractivity contribution in [1.29, 1.82) is 0 Å². The van der Waals surface area contributed by atoms with Crippen molar-refractivity contribution in [1.82, 2.24) is 4.98 Å². The number of aliphatic hydroxyl groups excluding tert-OH is 1. The van der Waals surface area contributed by atoms with Crippen molar-refractivity contribution in [3.8, 4) is 11.5 Å². The van der Waals surface area contributed by atoms with Gasteiger partial charge in [0.1, 0.15) is 17.3 Å². The number of carbonyl (C=O) groups excluding carboxylic acids is 2. The van der Waals surface area contributed by atoms with Crippen LogP contribution in [0.3, 0.4) is 0 Å². The van der Waals surface area contributed by atoms with Crippen molar-refractivity contribution in [2.24, 2.45) is 0 Å². The number of anilines is 1. The number of ether oxygens (including phenoxy) is 2. The number of pyridine rings is 1. The van der Waals surface area contributed by atoms with Crippen molar-refractivity contribution in [3.05, 3.63) is 88.7 Å². The van der Waals surface area contributed by atoms with E-state index in [0.29, 0.717) is 33.3 Å². The Labute approximate surface area is 201 Å². The van der Waals surface area contributed by atoms with E-state index >= 15 is 0 Å². The molecule has 0 radical (unpaired) electrons. The maximum Gasteiger partial charge on any atom is 0.300 e. The highest BCUT2D eigenvalue weighted by molar-refractivity contribution is 6.51. The highest BCUT2D eigenvalue weighted by Crippen LogP contribution is 2.45. The molecule has 4 rings (SSSR count). The zero-order valence-electron chi connectivity index (χ0n) is 17.7. The lowest BCUT2D eigenvalue weighted by Gasteiger charge is -2.26. The van der Waals surface area contributed by atoms with Gasteiger partial charge >= 0.3 is 0 Å². The smallest absolute Gasteiger partial charge is 0.300 e. The summed E-state index contributed by atoms with van der Waals surface area (Å²) in [6, 6.07) is 13.8. The molecule has 1 unspecified atom stereocenters. The average Bonchev–Trinajstić information content (AvgIpc) is 3.09.